The molecule has 3 N–H and O–H groups in total. The molecular weight excluding hydrogens is 284 g/mol. The highest BCUT2D eigenvalue weighted by Crippen LogP contribution is 2.29. The second-order valence-corrected chi connectivity index (χ2v) is 5.68. The van der Waals surface area contributed by atoms with Gasteiger partial charge in [-0.3, -0.25) is 9.59 Å². The number of rotatable bonds is 5. The summed E-state index contributed by atoms with van der Waals surface area (Å²) in [5.41, 5.74) is 6.11. The van der Waals surface area contributed by atoms with Crippen LogP contribution in [0.2, 0.25) is 0 Å². The van der Waals surface area contributed by atoms with Gasteiger partial charge in [0.1, 0.15) is 5.75 Å². The van der Waals surface area contributed by atoms with E-state index in [-0.39, 0.29) is 18.4 Å². The molecule has 6 heteroatoms. The number of likely N-dealkylation sites (N-methyl/N-ethyl adjacent to an activating group) is 1. The summed E-state index contributed by atoms with van der Waals surface area (Å²) in [7, 11) is 3.23. The Bertz CT molecular complexity index is 561. The van der Waals surface area contributed by atoms with Gasteiger partial charge in [0.25, 0.3) is 0 Å². The van der Waals surface area contributed by atoms with E-state index in [0.717, 1.165) is 5.56 Å². The van der Waals surface area contributed by atoms with Crippen LogP contribution in [-0.2, 0) is 16.0 Å². The third-order valence-corrected chi connectivity index (χ3v) is 4.33. The minimum atomic E-state index is -0.892. The number of carbonyl (C=O) groups excluding carboxylic acids is 2. The van der Waals surface area contributed by atoms with E-state index in [4.69, 9.17) is 10.5 Å². The molecule has 2 amide bonds. The van der Waals surface area contributed by atoms with Crippen molar-refractivity contribution in [3.63, 3.8) is 0 Å². The van der Waals surface area contributed by atoms with Crippen LogP contribution < -0.4 is 10.5 Å². The molecule has 1 aliphatic carbocycles. The van der Waals surface area contributed by atoms with E-state index in [0.29, 0.717) is 18.6 Å². The van der Waals surface area contributed by atoms with Gasteiger partial charge in [0.2, 0.25) is 11.8 Å². The molecule has 2 rings (SSSR count). The van der Waals surface area contributed by atoms with Crippen LogP contribution >= 0.6 is 0 Å². The Labute approximate surface area is 129 Å². The van der Waals surface area contributed by atoms with Crippen LogP contribution in [0.5, 0.6) is 5.75 Å². The molecule has 0 aromatic heterocycles. The maximum absolute atomic E-state index is 12.4. The zero-order chi connectivity index (χ0) is 16.3. The zero-order valence-electron chi connectivity index (χ0n) is 12.9. The van der Waals surface area contributed by atoms with Crippen molar-refractivity contribution in [2.75, 3.05) is 14.2 Å². The summed E-state index contributed by atoms with van der Waals surface area (Å²) in [4.78, 5) is 25.2. The highest BCUT2D eigenvalue weighted by atomic mass is 16.5. The molecule has 22 heavy (non-hydrogen) atoms. The van der Waals surface area contributed by atoms with Crippen LogP contribution in [0.1, 0.15) is 18.4 Å². The fraction of sp³-hybridized carbons (Fsp3) is 0.500. The predicted octanol–water partition coefficient (Wildman–Crippen LogP) is 0.321. The maximum atomic E-state index is 12.4. The second kappa shape index (κ2) is 6.79. The van der Waals surface area contributed by atoms with Gasteiger partial charge in [-0.15, -0.1) is 0 Å². The molecular formula is C16H22N2O4. The fourth-order valence-electron chi connectivity index (χ4n) is 2.96. The van der Waals surface area contributed by atoms with Crippen LogP contribution in [-0.4, -0.2) is 48.1 Å². The number of carbonyl (C=O) groups is 2. The van der Waals surface area contributed by atoms with Crippen molar-refractivity contribution in [1.82, 2.24) is 4.90 Å². The Morgan fingerprint density at radius 2 is 2.14 bits per heavy atom. The highest BCUT2D eigenvalue weighted by Gasteiger charge is 2.41. The van der Waals surface area contributed by atoms with Crippen molar-refractivity contribution in [2.45, 2.75) is 31.4 Å². The van der Waals surface area contributed by atoms with Gasteiger partial charge >= 0.3 is 0 Å². The van der Waals surface area contributed by atoms with E-state index in [9.17, 15) is 14.7 Å². The lowest BCUT2D eigenvalue weighted by atomic mass is 10.0. The van der Waals surface area contributed by atoms with E-state index >= 15 is 0 Å². The van der Waals surface area contributed by atoms with Crippen LogP contribution in [0.3, 0.4) is 0 Å². The molecule has 1 aliphatic rings. The number of nitrogens with two attached hydrogens (primary N) is 1. The minimum Gasteiger partial charge on any atom is -0.497 e. The van der Waals surface area contributed by atoms with Gasteiger partial charge in [-0.05, 0) is 30.5 Å². The normalized spacial score (nSPS) is 24.0. The van der Waals surface area contributed by atoms with Crippen LogP contribution in [0, 0.1) is 5.92 Å². The molecule has 1 aromatic rings. The lowest BCUT2D eigenvalue weighted by Gasteiger charge is -2.28. The van der Waals surface area contributed by atoms with Gasteiger partial charge < -0.3 is 20.5 Å². The number of aliphatic hydroxyl groups is 1. The first-order valence-corrected chi connectivity index (χ1v) is 7.30. The standard InChI is InChI=1S/C16H22N2O4/c1-18(13-7-6-12(15(13)20)16(17)21)14(19)9-10-4-3-5-11(8-10)22-2/h3-5,8,12-13,15,20H,6-7,9H2,1-2H3,(H2,17,21)/t12-,13-,15+/m1/s1. The largest absolute Gasteiger partial charge is 0.497 e. The van der Waals surface area contributed by atoms with Crippen molar-refractivity contribution in [3.05, 3.63) is 29.8 Å². The highest BCUT2D eigenvalue weighted by molar-refractivity contribution is 5.80. The van der Waals surface area contributed by atoms with Crippen molar-refractivity contribution < 1.29 is 19.4 Å². The number of benzene rings is 1. The molecule has 120 valence electrons. The Morgan fingerprint density at radius 3 is 2.73 bits per heavy atom. The van der Waals surface area contributed by atoms with Crippen molar-refractivity contribution in [2.24, 2.45) is 11.7 Å². The molecule has 0 radical (unpaired) electrons. The molecule has 3 atom stereocenters. The Morgan fingerprint density at radius 1 is 1.41 bits per heavy atom. The molecule has 1 saturated carbocycles. The number of aliphatic hydroxyl groups excluding tert-OH is 1. The molecule has 1 fully saturated rings. The fourth-order valence-corrected chi connectivity index (χ4v) is 2.96. The number of nitrogens with zero attached hydrogens (tertiary/aromatic N) is 1. The van der Waals surface area contributed by atoms with Crippen molar-refractivity contribution >= 4 is 11.8 Å². The molecule has 0 heterocycles. The molecule has 0 unspecified atom stereocenters. The summed E-state index contributed by atoms with van der Waals surface area (Å²) in [5.74, 6) is -0.495. The van der Waals surface area contributed by atoms with Crippen molar-refractivity contribution in [1.29, 1.82) is 0 Å². The third-order valence-electron chi connectivity index (χ3n) is 4.33. The summed E-state index contributed by atoms with van der Waals surface area (Å²) in [6.45, 7) is 0. The summed E-state index contributed by atoms with van der Waals surface area (Å²) in [6, 6.07) is 6.94. The second-order valence-electron chi connectivity index (χ2n) is 5.68. The van der Waals surface area contributed by atoms with Gasteiger partial charge in [0.05, 0.1) is 31.6 Å². The first kappa shape index (κ1) is 16.3. The molecule has 6 nitrogen and oxygen atoms in total. The van der Waals surface area contributed by atoms with E-state index in [1.165, 1.54) is 4.90 Å². The van der Waals surface area contributed by atoms with Gasteiger partial charge in [0.15, 0.2) is 0 Å². The molecule has 0 saturated heterocycles. The van der Waals surface area contributed by atoms with E-state index in [1.54, 1.807) is 14.2 Å². The van der Waals surface area contributed by atoms with Crippen LogP contribution in [0.25, 0.3) is 0 Å². The molecule has 0 spiro atoms. The summed E-state index contributed by atoms with van der Waals surface area (Å²) < 4.78 is 5.14. The van der Waals surface area contributed by atoms with Crippen LogP contribution in [0.15, 0.2) is 24.3 Å². The van der Waals surface area contributed by atoms with Crippen LogP contribution in [0.4, 0.5) is 0 Å². The van der Waals surface area contributed by atoms with Gasteiger partial charge in [-0.1, -0.05) is 12.1 Å². The average molecular weight is 306 g/mol. The summed E-state index contributed by atoms with van der Waals surface area (Å²) in [6.07, 6.45) is 0.419. The number of primary amides is 1. The first-order valence-electron chi connectivity index (χ1n) is 7.30. The number of amides is 2. The topological polar surface area (TPSA) is 92.9 Å². The Hall–Kier alpha value is -2.08. The van der Waals surface area contributed by atoms with E-state index in [1.807, 2.05) is 24.3 Å². The Balaban J connectivity index is 2.02. The molecule has 0 aliphatic heterocycles. The quantitative estimate of drug-likeness (QED) is 0.819. The van der Waals surface area contributed by atoms with Gasteiger partial charge in [0, 0.05) is 7.05 Å². The number of methoxy groups -OCH3 is 1. The predicted molar refractivity (Wildman–Crippen MR) is 81.2 cm³/mol. The minimum absolute atomic E-state index is 0.109. The summed E-state index contributed by atoms with van der Waals surface area (Å²) >= 11 is 0. The SMILES string of the molecule is COc1cccc(CC(=O)N(C)[C@@H]2CC[C@@H](C(N)=O)[C@@H]2O)c1. The van der Waals surface area contributed by atoms with Gasteiger partial charge in [-0.25, -0.2) is 0 Å². The Kier molecular flexibility index (Phi) is 5.03. The smallest absolute Gasteiger partial charge is 0.227 e. The lowest BCUT2D eigenvalue weighted by molar-refractivity contribution is -0.135. The third kappa shape index (κ3) is 3.39. The monoisotopic (exact) mass is 306 g/mol. The summed E-state index contributed by atoms with van der Waals surface area (Å²) in [5, 5.41) is 10.2. The number of hydrogen-bond acceptors (Lipinski definition) is 4. The molecule has 1 aromatic carbocycles. The number of hydrogen-bond donors (Lipinski definition) is 2. The number of ether oxygens (including phenoxy) is 1. The van der Waals surface area contributed by atoms with E-state index < -0.39 is 17.9 Å². The maximum Gasteiger partial charge on any atom is 0.227 e. The van der Waals surface area contributed by atoms with Gasteiger partial charge in [-0.2, -0.15) is 0 Å². The average Bonchev–Trinajstić information content (AvgIpc) is 2.88. The van der Waals surface area contributed by atoms with E-state index in [2.05, 4.69) is 0 Å². The first-order chi connectivity index (χ1) is 10.4. The zero-order valence-corrected chi connectivity index (χ0v) is 12.9. The molecule has 0 bridgehead atoms. The lowest BCUT2D eigenvalue weighted by Crippen LogP contribution is -2.45. The van der Waals surface area contributed by atoms with Crippen molar-refractivity contribution in [3.8, 4) is 5.75 Å².